The largest absolute Gasteiger partial charge is 0.458 e. The summed E-state index contributed by atoms with van der Waals surface area (Å²) in [7, 11) is 0. The maximum atomic E-state index is 11.6. The van der Waals surface area contributed by atoms with Crippen LogP contribution < -0.4 is 0 Å². The van der Waals surface area contributed by atoms with Gasteiger partial charge in [0.1, 0.15) is 6.61 Å². The number of hydrogen-bond acceptors (Lipinski definition) is 3. The maximum absolute atomic E-state index is 11.6. The predicted octanol–water partition coefficient (Wildman–Crippen LogP) is 7.39. The molecule has 0 atom stereocenters. The minimum absolute atomic E-state index is 0.0518. The fourth-order valence-corrected chi connectivity index (χ4v) is 5.23. The van der Waals surface area contributed by atoms with E-state index in [0.717, 1.165) is 29.0 Å². The zero-order valence-electron chi connectivity index (χ0n) is 20.8. The lowest BCUT2D eigenvalue weighted by molar-refractivity contribution is -0.138. The maximum Gasteiger partial charge on any atom is 0.330 e. The second kappa shape index (κ2) is 12.0. The molecule has 0 saturated heterocycles. The van der Waals surface area contributed by atoms with E-state index in [1.165, 1.54) is 66.0 Å². The van der Waals surface area contributed by atoms with Crippen LogP contribution >= 0.6 is 0 Å². The average Bonchev–Trinajstić information content (AvgIpc) is 2.92. The number of benzene rings is 3. The highest BCUT2D eigenvalue weighted by molar-refractivity contribution is 5.81. The van der Waals surface area contributed by atoms with Gasteiger partial charge in [-0.15, -0.1) is 0 Å². The van der Waals surface area contributed by atoms with Crippen molar-refractivity contribution in [3.63, 3.8) is 0 Å². The van der Waals surface area contributed by atoms with E-state index in [1.807, 2.05) is 6.07 Å². The number of aliphatic hydroxyl groups is 1. The standard InChI is InChI=1S/C32H36O3/c1-3-23-20-28(26-12-10-25(11-13-26)24-8-6-5-7-9-24)16-17-31(23)29-15-14-27(18-19-33)30(21-29)22-35-32(34)4-2/h4,10-17,20-21,24,33H,2-3,5-9,18-19,22H2,1H3. The summed E-state index contributed by atoms with van der Waals surface area (Å²) in [6.45, 7) is 5.87. The molecule has 0 spiro atoms. The third kappa shape index (κ3) is 6.10. The van der Waals surface area contributed by atoms with E-state index in [2.05, 4.69) is 68.1 Å². The van der Waals surface area contributed by atoms with Crippen LogP contribution in [0.3, 0.4) is 0 Å². The predicted molar refractivity (Wildman–Crippen MR) is 143 cm³/mol. The van der Waals surface area contributed by atoms with Crippen LogP contribution in [0.25, 0.3) is 22.3 Å². The summed E-state index contributed by atoms with van der Waals surface area (Å²) in [6, 6.07) is 22.1. The summed E-state index contributed by atoms with van der Waals surface area (Å²) < 4.78 is 5.30. The number of esters is 1. The molecule has 1 saturated carbocycles. The van der Waals surface area contributed by atoms with E-state index < -0.39 is 5.97 Å². The van der Waals surface area contributed by atoms with Crippen LogP contribution in [-0.4, -0.2) is 17.7 Å². The second-order valence-electron chi connectivity index (χ2n) is 9.45. The Bertz CT molecular complexity index is 1150. The molecule has 0 aromatic heterocycles. The monoisotopic (exact) mass is 468 g/mol. The molecule has 3 aromatic rings. The fraction of sp³-hybridized carbons (Fsp3) is 0.344. The van der Waals surface area contributed by atoms with E-state index in [4.69, 9.17) is 4.74 Å². The number of carbonyl (C=O) groups excluding carboxylic acids is 1. The molecule has 35 heavy (non-hydrogen) atoms. The third-order valence-electron chi connectivity index (χ3n) is 7.24. The van der Waals surface area contributed by atoms with Crippen molar-refractivity contribution < 1.29 is 14.6 Å². The second-order valence-corrected chi connectivity index (χ2v) is 9.45. The molecule has 1 N–H and O–H groups in total. The molecule has 3 aromatic carbocycles. The summed E-state index contributed by atoms with van der Waals surface area (Å²) in [5.41, 5.74) is 9.42. The van der Waals surface area contributed by atoms with Gasteiger partial charge in [-0.2, -0.15) is 0 Å². The molecule has 3 heteroatoms. The topological polar surface area (TPSA) is 46.5 Å². The third-order valence-corrected chi connectivity index (χ3v) is 7.24. The van der Waals surface area contributed by atoms with Gasteiger partial charge in [0.2, 0.25) is 0 Å². The highest BCUT2D eigenvalue weighted by Gasteiger charge is 2.16. The lowest BCUT2D eigenvalue weighted by Crippen LogP contribution is -2.05. The van der Waals surface area contributed by atoms with Gasteiger partial charge in [-0.1, -0.05) is 87.4 Å². The van der Waals surface area contributed by atoms with Gasteiger partial charge < -0.3 is 9.84 Å². The first-order chi connectivity index (χ1) is 17.1. The number of aryl methyl sites for hydroxylation is 1. The van der Waals surface area contributed by atoms with Crippen LogP contribution in [0.4, 0.5) is 0 Å². The van der Waals surface area contributed by atoms with Crippen LogP contribution in [0.1, 0.15) is 67.2 Å². The van der Waals surface area contributed by atoms with Crippen molar-refractivity contribution in [1.29, 1.82) is 0 Å². The molecule has 4 rings (SSSR count). The molecule has 1 fully saturated rings. The molecule has 0 aliphatic heterocycles. The molecule has 1 aliphatic rings. The van der Waals surface area contributed by atoms with Crippen LogP contribution in [0, 0.1) is 0 Å². The van der Waals surface area contributed by atoms with Crippen molar-refractivity contribution in [2.75, 3.05) is 6.61 Å². The Labute approximate surface area is 209 Å². The first-order valence-corrected chi connectivity index (χ1v) is 12.9. The number of carbonyl (C=O) groups is 1. The Kier molecular flexibility index (Phi) is 8.54. The smallest absolute Gasteiger partial charge is 0.330 e. The van der Waals surface area contributed by atoms with E-state index in [-0.39, 0.29) is 13.2 Å². The number of rotatable bonds is 9. The summed E-state index contributed by atoms with van der Waals surface area (Å²) in [4.78, 5) is 11.6. The van der Waals surface area contributed by atoms with Gasteiger partial charge in [-0.3, -0.25) is 0 Å². The quantitative estimate of drug-likeness (QED) is 0.263. The summed E-state index contributed by atoms with van der Waals surface area (Å²) in [5, 5.41) is 9.44. The van der Waals surface area contributed by atoms with Gasteiger partial charge in [0.15, 0.2) is 0 Å². The van der Waals surface area contributed by atoms with Crippen molar-refractivity contribution in [3.05, 3.63) is 95.6 Å². The molecule has 0 radical (unpaired) electrons. The average molecular weight is 469 g/mol. The van der Waals surface area contributed by atoms with Gasteiger partial charge in [0.25, 0.3) is 0 Å². The fourth-order valence-electron chi connectivity index (χ4n) is 5.23. The first-order valence-electron chi connectivity index (χ1n) is 12.9. The molecule has 3 nitrogen and oxygen atoms in total. The number of hydrogen-bond donors (Lipinski definition) is 1. The molecule has 0 heterocycles. The van der Waals surface area contributed by atoms with Crippen molar-refractivity contribution in [1.82, 2.24) is 0 Å². The Balaban J connectivity index is 1.60. The van der Waals surface area contributed by atoms with Crippen molar-refractivity contribution in [2.45, 2.75) is 64.4 Å². The number of ether oxygens (including phenoxy) is 1. The van der Waals surface area contributed by atoms with E-state index >= 15 is 0 Å². The van der Waals surface area contributed by atoms with E-state index in [9.17, 15) is 9.90 Å². The van der Waals surface area contributed by atoms with Crippen molar-refractivity contribution >= 4 is 5.97 Å². The van der Waals surface area contributed by atoms with Crippen molar-refractivity contribution in [2.24, 2.45) is 0 Å². The van der Waals surface area contributed by atoms with Gasteiger partial charge in [-0.25, -0.2) is 4.79 Å². The Hall–Kier alpha value is -3.17. The lowest BCUT2D eigenvalue weighted by atomic mass is 9.83. The van der Waals surface area contributed by atoms with E-state index in [0.29, 0.717) is 6.42 Å². The van der Waals surface area contributed by atoms with Crippen molar-refractivity contribution in [3.8, 4) is 22.3 Å². The normalized spacial score (nSPS) is 14.0. The van der Waals surface area contributed by atoms with Gasteiger partial charge >= 0.3 is 5.97 Å². The first kappa shape index (κ1) is 24.9. The number of aliphatic hydroxyl groups excluding tert-OH is 1. The highest BCUT2D eigenvalue weighted by Crippen LogP contribution is 2.35. The van der Waals surface area contributed by atoms with Crippen LogP contribution in [0.15, 0.2) is 73.3 Å². The van der Waals surface area contributed by atoms with E-state index in [1.54, 1.807) is 0 Å². The Morgan fingerprint density at radius 3 is 2.29 bits per heavy atom. The minimum Gasteiger partial charge on any atom is -0.458 e. The molecule has 1 aliphatic carbocycles. The minimum atomic E-state index is -0.446. The lowest BCUT2D eigenvalue weighted by Gasteiger charge is -2.22. The van der Waals surface area contributed by atoms with Crippen LogP contribution in [-0.2, 0) is 29.0 Å². The Morgan fingerprint density at radius 1 is 0.914 bits per heavy atom. The van der Waals surface area contributed by atoms with Crippen LogP contribution in [0.2, 0.25) is 0 Å². The molecule has 0 bridgehead atoms. The zero-order valence-corrected chi connectivity index (χ0v) is 20.8. The molecule has 0 amide bonds. The SMILES string of the molecule is C=CC(=O)OCc1cc(-c2ccc(-c3ccc(C4CCCCC4)cc3)cc2CC)ccc1CCO. The summed E-state index contributed by atoms with van der Waals surface area (Å²) >= 11 is 0. The van der Waals surface area contributed by atoms with Gasteiger partial charge in [0, 0.05) is 12.7 Å². The Morgan fingerprint density at radius 2 is 1.60 bits per heavy atom. The summed E-state index contributed by atoms with van der Waals surface area (Å²) in [6.07, 6.45) is 9.34. The van der Waals surface area contributed by atoms with Gasteiger partial charge in [0.05, 0.1) is 0 Å². The zero-order chi connectivity index (χ0) is 24.6. The molecular formula is C32H36O3. The van der Waals surface area contributed by atoms with Crippen LogP contribution in [0.5, 0.6) is 0 Å². The molecule has 0 unspecified atom stereocenters. The highest BCUT2D eigenvalue weighted by atomic mass is 16.5. The summed E-state index contributed by atoms with van der Waals surface area (Å²) in [5.74, 6) is 0.276. The molecule has 182 valence electrons. The molecular weight excluding hydrogens is 432 g/mol. The van der Waals surface area contributed by atoms with Gasteiger partial charge in [-0.05, 0) is 82.2 Å².